The summed E-state index contributed by atoms with van der Waals surface area (Å²) in [6.45, 7) is -1.38. The zero-order valence-electron chi connectivity index (χ0n) is 14.1. The minimum atomic E-state index is -1.46. The first kappa shape index (κ1) is 23.1. The van der Waals surface area contributed by atoms with Crippen LogP contribution in [0.15, 0.2) is 4.99 Å². The molecule has 0 fully saturated rings. The molecule has 2 atom stereocenters. The zero-order chi connectivity index (χ0) is 20.1. The van der Waals surface area contributed by atoms with Gasteiger partial charge < -0.3 is 43.4 Å². The van der Waals surface area contributed by atoms with Crippen molar-refractivity contribution in [3.05, 3.63) is 0 Å². The standard InChI is InChI=1S/C13H25N7O6/c14-7(2-1-3-17-13(15)16)11(24)19-4-9(22)18-5-10(23)20-8(6-21)12(25)26/h7-8,21H,1-6,14H2,(H,18,22)(H,19,24)(H,20,23)(H,25,26)(H4,15,16,17). The summed E-state index contributed by atoms with van der Waals surface area (Å²) in [6, 6.07) is -2.31. The van der Waals surface area contributed by atoms with Gasteiger partial charge in [-0.25, -0.2) is 4.79 Å². The minimum Gasteiger partial charge on any atom is -0.480 e. The van der Waals surface area contributed by atoms with Gasteiger partial charge in [0.1, 0.15) is 6.04 Å². The van der Waals surface area contributed by atoms with E-state index in [1.807, 2.05) is 5.32 Å². The Balaban J connectivity index is 4.03. The Hall–Kier alpha value is -2.93. The van der Waals surface area contributed by atoms with Crippen LogP contribution in [0, 0.1) is 0 Å². The van der Waals surface area contributed by atoms with Gasteiger partial charge in [-0.2, -0.15) is 0 Å². The lowest BCUT2D eigenvalue weighted by atomic mass is 10.1. The highest BCUT2D eigenvalue weighted by molar-refractivity contribution is 5.90. The Bertz CT molecular complexity index is 535. The molecule has 148 valence electrons. The predicted octanol–water partition coefficient (Wildman–Crippen LogP) is -4.84. The number of guanidine groups is 1. The number of nitrogens with one attached hydrogen (secondary N) is 3. The molecule has 0 aliphatic carbocycles. The number of carboxylic acid groups (broad SMARTS) is 1. The number of rotatable bonds is 12. The van der Waals surface area contributed by atoms with Crippen LogP contribution < -0.4 is 33.2 Å². The quantitative estimate of drug-likeness (QED) is 0.0925. The van der Waals surface area contributed by atoms with Crippen LogP contribution in [0.3, 0.4) is 0 Å². The maximum Gasteiger partial charge on any atom is 0.328 e. The molecule has 26 heavy (non-hydrogen) atoms. The number of hydrogen-bond donors (Lipinski definition) is 8. The zero-order valence-corrected chi connectivity index (χ0v) is 14.1. The van der Waals surface area contributed by atoms with E-state index in [2.05, 4.69) is 15.6 Å². The van der Waals surface area contributed by atoms with Crippen LogP contribution >= 0.6 is 0 Å². The summed E-state index contributed by atoms with van der Waals surface area (Å²) in [4.78, 5) is 49.0. The summed E-state index contributed by atoms with van der Waals surface area (Å²) in [7, 11) is 0. The van der Waals surface area contributed by atoms with Crippen molar-refractivity contribution in [2.75, 3.05) is 26.2 Å². The van der Waals surface area contributed by atoms with Gasteiger partial charge in [0.15, 0.2) is 5.96 Å². The SMILES string of the molecule is NC(N)=NCCCC(N)C(=O)NCC(=O)NCC(=O)NC(CO)C(=O)O. The third-order valence-electron chi connectivity index (χ3n) is 2.99. The molecule has 0 aliphatic rings. The van der Waals surface area contributed by atoms with Crippen LogP contribution in [-0.2, 0) is 19.2 Å². The van der Waals surface area contributed by atoms with E-state index in [9.17, 15) is 19.2 Å². The average molecular weight is 375 g/mol. The van der Waals surface area contributed by atoms with Crippen LogP contribution in [0.2, 0.25) is 0 Å². The summed E-state index contributed by atoms with van der Waals surface area (Å²) < 4.78 is 0. The molecule has 0 aromatic rings. The summed E-state index contributed by atoms with van der Waals surface area (Å²) in [5.41, 5.74) is 15.9. The maximum absolute atomic E-state index is 11.7. The lowest BCUT2D eigenvalue weighted by Gasteiger charge is -2.13. The number of nitrogens with two attached hydrogens (primary N) is 3. The first-order chi connectivity index (χ1) is 12.2. The minimum absolute atomic E-state index is 0.0580. The van der Waals surface area contributed by atoms with Gasteiger partial charge in [0.2, 0.25) is 17.7 Å². The van der Waals surface area contributed by atoms with Crippen molar-refractivity contribution < 1.29 is 29.4 Å². The van der Waals surface area contributed by atoms with Crippen LogP contribution in [0.4, 0.5) is 0 Å². The van der Waals surface area contributed by atoms with Crippen LogP contribution in [0.1, 0.15) is 12.8 Å². The summed E-state index contributed by atoms with van der Waals surface area (Å²) in [5.74, 6) is -3.49. The fraction of sp³-hybridized carbons (Fsp3) is 0.615. The van der Waals surface area contributed by atoms with Gasteiger partial charge in [0, 0.05) is 6.54 Å². The van der Waals surface area contributed by atoms with E-state index in [1.165, 1.54) is 0 Å². The highest BCUT2D eigenvalue weighted by Gasteiger charge is 2.19. The largest absolute Gasteiger partial charge is 0.480 e. The molecule has 0 saturated carbocycles. The molecule has 0 heterocycles. The normalized spacial score (nSPS) is 12.4. The number of aliphatic hydroxyl groups is 1. The monoisotopic (exact) mass is 375 g/mol. The molecular formula is C13H25N7O6. The number of carbonyl (C=O) groups excluding carboxylic acids is 3. The Labute approximate surface area is 149 Å². The van der Waals surface area contributed by atoms with Gasteiger partial charge in [-0.05, 0) is 12.8 Å². The van der Waals surface area contributed by atoms with Crippen molar-refractivity contribution in [2.24, 2.45) is 22.2 Å². The van der Waals surface area contributed by atoms with Crippen LogP contribution in [0.5, 0.6) is 0 Å². The highest BCUT2D eigenvalue weighted by Crippen LogP contribution is 1.95. The van der Waals surface area contributed by atoms with E-state index >= 15 is 0 Å². The Kier molecular flexibility index (Phi) is 11.0. The molecular weight excluding hydrogens is 350 g/mol. The molecule has 0 aliphatic heterocycles. The van der Waals surface area contributed by atoms with Gasteiger partial charge in [0.05, 0.1) is 25.7 Å². The number of nitrogens with zero attached hydrogens (tertiary/aromatic N) is 1. The van der Waals surface area contributed by atoms with Crippen molar-refractivity contribution in [1.82, 2.24) is 16.0 Å². The molecule has 0 rings (SSSR count). The second-order valence-corrected chi connectivity index (χ2v) is 5.19. The smallest absolute Gasteiger partial charge is 0.328 e. The first-order valence-electron chi connectivity index (χ1n) is 7.65. The number of aliphatic carboxylic acids is 1. The molecule has 11 N–H and O–H groups in total. The van der Waals surface area contributed by atoms with E-state index in [-0.39, 0.29) is 5.96 Å². The van der Waals surface area contributed by atoms with Crippen molar-refractivity contribution in [3.8, 4) is 0 Å². The number of amides is 3. The summed E-state index contributed by atoms with van der Waals surface area (Å²) in [6.07, 6.45) is 0.791. The van der Waals surface area contributed by atoms with Crippen molar-refractivity contribution in [3.63, 3.8) is 0 Å². The molecule has 0 bridgehead atoms. The van der Waals surface area contributed by atoms with Gasteiger partial charge in [-0.15, -0.1) is 0 Å². The van der Waals surface area contributed by atoms with E-state index in [0.717, 1.165) is 0 Å². The molecule has 0 aromatic carbocycles. The van der Waals surface area contributed by atoms with Gasteiger partial charge in [0.25, 0.3) is 0 Å². The Morgan fingerprint density at radius 1 is 1.04 bits per heavy atom. The topological polar surface area (TPSA) is 235 Å². The molecule has 0 aromatic heterocycles. The van der Waals surface area contributed by atoms with Gasteiger partial charge in [-0.3, -0.25) is 19.4 Å². The number of carboxylic acids is 1. The highest BCUT2D eigenvalue weighted by atomic mass is 16.4. The van der Waals surface area contributed by atoms with Crippen LogP contribution in [-0.4, -0.2) is 78.2 Å². The maximum atomic E-state index is 11.7. The third-order valence-corrected chi connectivity index (χ3v) is 2.99. The lowest BCUT2D eigenvalue weighted by molar-refractivity contribution is -0.142. The number of hydrogen-bond acceptors (Lipinski definition) is 7. The molecule has 0 radical (unpaired) electrons. The summed E-state index contributed by atoms with van der Waals surface area (Å²) >= 11 is 0. The first-order valence-corrected chi connectivity index (χ1v) is 7.65. The molecule has 0 spiro atoms. The Morgan fingerprint density at radius 3 is 2.19 bits per heavy atom. The van der Waals surface area contributed by atoms with Gasteiger partial charge >= 0.3 is 5.97 Å². The number of aliphatic imine (C=N–C) groups is 1. The second-order valence-electron chi connectivity index (χ2n) is 5.19. The van der Waals surface area contributed by atoms with Crippen molar-refractivity contribution in [1.29, 1.82) is 0 Å². The lowest BCUT2D eigenvalue weighted by Crippen LogP contribution is -2.49. The number of carbonyl (C=O) groups is 4. The van der Waals surface area contributed by atoms with E-state index in [4.69, 9.17) is 27.4 Å². The molecule has 2 unspecified atom stereocenters. The summed E-state index contributed by atoms with van der Waals surface area (Å²) in [5, 5.41) is 23.9. The average Bonchev–Trinajstić information content (AvgIpc) is 2.58. The van der Waals surface area contributed by atoms with E-state index < -0.39 is 55.5 Å². The third kappa shape index (κ3) is 10.8. The number of aliphatic hydroxyl groups excluding tert-OH is 1. The second kappa shape index (κ2) is 12.4. The Morgan fingerprint density at radius 2 is 1.65 bits per heavy atom. The molecule has 3 amide bonds. The van der Waals surface area contributed by atoms with Crippen LogP contribution in [0.25, 0.3) is 0 Å². The fourth-order valence-corrected chi connectivity index (χ4v) is 1.62. The molecule has 13 nitrogen and oxygen atoms in total. The van der Waals surface area contributed by atoms with E-state index in [1.54, 1.807) is 0 Å². The molecule has 13 heteroatoms. The predicted molar refractivity (Wildman–Crippen MR) is 90.6 cm³/mol. The van der Waals surface area contributed by atoms with Crippen molar-refractivity contribution in [2.45, 2.75) is 24.9 Å². The van der Waals surface area contributed by atoms with Gasteiger partial charge in [-0.1, -0.05) is 0 Å². The molecule has 0 saturated heterocycles. The van der Waals surface area contributed by atoms with E-state index in [0.29, 0.717) is 19.4 Å². The van der Waals surface area contributed by atoms with Crippen molar-refractivity contribution >= 4 is 29.7 Å². The fourth-order valence-electron chi connectivity index (χ4n) is 1.62.